The Morgan fingerprint density at radius 2 is 2.33 bits per heavy atom. The third-order valence-corrected chi connectivity index (χ3v) is 0.904. The van der Waals surface area contributed by atoms with Crippen LogP contribution < -0.4 is 5.73 Å². The quantitative estimate of drug-likeness (QED) is 0.574. The molecule has 0 aromatic carbocycles. The SMILES string of the molecule is Nc1ccc([C]=O)cn1. The molecule has 1 heterocycles. The summed E-state index contributed by atoms with van der Waals surface area (Å²) in [5, 5.41) is 0. The standard InChI is InChI=1S/C6H5N2O/c7-6-2-1-5(4-9)3-8-6/h1-3H,(H2,7,8). The van der Waals surface area contributed by atoms with Crippen molar-refractivity contribution in [2.75, 3.05) is 5.73 Å². The average Bonchev–Trinajstić information content (AvgIpc) is 1.90. The van der Waals surface area contributed by atoms with Gasteiger partial charge in [-0.2, -0.15) is 0 Å². The van der Waals surface area contributed by atoms with Crippen LogP contribution in [0.3, 0.4) is 0 Å². The first kappa shape index (κ1) is 5.75. The molecule has 1 rings (SSSR count). The molecule has 0 saturated heterocycles. The van der Waals surface area contributed by atoms with Crippen molar-refractivity contribution in [1.82, 2.24) is 4.98 Å². The monoisotopic (exact) mass is 121 g/mol. The number of pyridine rings is 1. The molecule has 0 saturated carbocycles. The molecular weight excluding hydrogens is 116 g/mol. The summed E-state index contributed by atoms with van der Waals surface area (Å²) in [7, 11) is 0. The van der Waals surface area contributed by atoms with Crippen molar-refractivity contribution in [3.8, 4) is 0 Å². The van der Waals surface area contributed by atoms with Crippen molar-refractivity contribution in [2.24, 2.45) is 0 Å². The molecule has 9 heavy (non-hydrogen) atoms. The van der Waals surface area contributed by atoms with E-state index in [0.717, 1.165) is 0 Å². The molecule has 0 amide bonds. The molecule has 0 atom stereocenters. The lowest BCUT2D eigenvalue weighted by Gasteiger charge is -1.88. The number of nitrogen functional groups attached to an aromatic ring is 1. The van der Waals surface area contributed by atoms with Crippen LogP contribution in [-0.2, 0) is 4.79 Å². The van der Waals surface area contributed by atoms with Gasteiger partial charge in [-0.25, -0.2) is 4.98 Å². The average molecular weight is 121 g/mol. The highest BCUT2D eigenvalue weighted by Crippen LogP contribution is 1.96. The molecule has 0 aliphatic rings. The molecular formula is C6H5N2O. The highest BCUT2D eigenvalue weighted by molar-refractivity contribution is 5.74. The second kappa shape index (κ2) is 2.26. The number of carbonyl (C=O) groups excluding carboxylic acids is 1. The molecule has 0 unspecified atom stereocenters. The fraction of sp³-hybridized carbons (Fsp3) is 0. The second-order valence-electron chi connectivity index (χ2n) is 1.57. The van der Waals surface area contributed by atoms with Gasteiger partial charge in [0.1, 0.15) is 5.82 Å². The van der Waals surface area contributed by atoms with Gasteiger partial charge in [0.15, 0.2) is 0 Å². The highest BCUT2D eigenvalue weighted by atomic mass is 16.1. The van der Waals surface area contributed by atoms with Gasteiger partial charge in [0, 0.05) is 11.8 Å². The van der Waals surface area contributed by atoms with Gasteiger partial charge in [0.25, 0.3) is 0 Å². The molecule has 0 aliphatic carbocycles. The minimum Gasteiger partial charge on any atom is -0.384 e. The Labute approximate surface area is 52.5 Å². The zero-order chi connectivity index (χ0) is 6.69. The van der Waals surface area contributed by atoms with Crippen molar-refractivity contribution in [2.45, 2.75) is 0 Å². The molecule has 1 radical (unpaired) electrons. The van der Waals surface area contributed by atoms with Gasteiger partial charge in [-0.05, 0) is 12.1 Å². The van der Waals surface area contributed by atoms with Gasteiger partial charge in [0.05, 0.1) is 0 Å². The first-order chi connectivity index (χ1) is 4.33. The summed E-state index contributed by atoms with van der Waals surface area (Å²) in [5.41, 5.74) is 5.66. The summed E-state index contributed by atoms with van der Waals surface area (Å²) >= 11 is 0. The third-order valence-electron chi connectivity index (χ3n) is 0.904. The van der Waals surface area contributed by atoms with Gasteiger partial charge in [0.2, 0.25) is 6.29 Å². The zero-order valence-electron chi connectivity index (χ0n) is 4.66. The maximum Gasteiger partial charge on any atom is 0.235 e. The molecule has 2 N–H and O–H groups in total. The normalized spacial score (nSPS) is 8.89. The molecule has 0 bridgehead atoms. The largest absolute Gasteiger partial charge is 0.384 e. The highest BCUT2D eigenvalue weighted by Gasteiger charge is 1.88. The third kappa shape index (κ3) is 1.25. The number of hydrogen-bond acceptors (Lipinski definition) is 3. The molecule has 45 valence electrons. The van der Waals surface area contributed by atoms with Gasteiger partial charge in [-0.3, -0.25) is 4.79 Å². The van der Waals surface area contributed by atoms with E-state index in [0.29, 0.717) is 11.4 Å². The predicted molar refractivity (Wildman–Crippen MR) is 33.4 cm³/mol. The van der Waals surface area contributed by atoms with E-state index in [1.807, 2.05) is 0 Å². The minimum absolute atomic E-state index is 0.411. The first-order valence-corrected chi connectivity index (χ1v) is 2.42. The van der Waals surface area contributed by atoms with E-state index in [1.165, 1.54) is 6.20 Å². The van der Waals surface area contributed by atoms with Crippen molar-refractivity contribution in [3.63, 3.8) is 0 Å². The van der Waals surface area contributed by atoms with Gasteiger partial charge < -0.3 is 5.73 Å². The number of nitrogens with two attached hydrogens (primary N) is 1. The van der Waals surface area contributed by atoms with Crippen LogP contribution in [0.25, 0.3) is 0 Å². The van der Waals surface area contributed by atoms with Crippen LogP contribution in [0.1, 0.15) is 5.56 Å². The zero-order valence-corrected chi connectivity index (χ0v) is 4.66. The maximum absolute atomic E-state index is 9.91. The fourth-order valence-electron chi connectivity index (χ4n) is 0.466. The second-order valence-corrected chi connectivity index (χ2v) is 1.57. The van der Waals surface area contributed by atoms with Crippen LogP contribution in [-0.4, -0.2) is 11.3 Å². The van der Waals surface area contributed by atoms with Gasteiger partial charge in [-0.15, -0.1) is 0 Å². The van der Waals surface area contributed by atoms with E-state index < -0.39 is 0 Å². The number of anilines is 1. The Morgan fingerprint density at radius 3 is 2.78 bits per heavy atom. The fourth-order valence-corrected chi connectivity index (χ4v) is 0.466. The van der Waals surface area contributed by atoms with Crippen molar-refractivity contribution < 1.29 is 4.79 Å². The van der Waals surface area contributed by atoms with Crippen LogP contribution in [0.4, 0.5) is 5.82 Å². The van der Waals surface area contributed by atoms with Crippen LogP contribution in [0.5, 0.6) is 0 Å². The Morgan fingerprint density at radius 1 is 1.56 bits per heavy atom. The lowest BCUT2D eigenvalue weighted by atomic mass is 10.3. The summed E-state index contributed by atoms with van der Waals surface area (Å²) in [5.74, 6) is 0.411. The molecule has 1 aromatic heterocycles. The van der Waals surface area contributed by atoms with Gasteiger partial charge >= 0.3 is 0 Å². The molecule has 3 nitrogen and oxygen atoms in total. The van der Waals surface area contributed by atoms with Gasteiger partial charge in [-0.1, -0.05) is 0 Å². The number of nitrogens with zero attached hydrogens (tertiary/aromatic N) is 1. The minimum atomic E-state index is 0.411. The molecule has 3 heteroatoms. The summed E-state index contributed by atoms with van der Waals surface area (Å²) in [6, 6.07) is 3.12. The van der Waals surface area contributed by atoms with Crippen molar-refractivity contribution >= 4 is 12.1 Å². The first-order valence-electron chi connectivity index (χ1n) is 2.42. The Bertz CT molecular complexity index is 205. The molecule has 0 spiro atoms. The Kier molecular flexibility index (Phi) is 1.44. The molecule has 0 aliphatic heterocycles. The Balaban J connectivity index is 3.01. The molecule has 1 aromatic rings. The van der Waals surface area contributed by atoms with Crippen LogP contribution >= 0.6 is 0 Å². The van der Waals surface area contributed by atoms with Crippen molar-refractivity contribution in [3.05, 3.63) is 23.9 Å². The summed E-state index contributed by atoms with van der Waals surface area (Å²) in [6.45, 7) is 0. The summed E-state index contributed by atoms with van der Waals surface area (Å²) in [4.78, 5) is 13.6. The van der Waals surface area contributed by atoms with Crippen LogP contribution in [0.2, 0.25) is 0 Å². The summed E-state index contributed by atoms with van der Waals surface area (Å²) in [6.07, 6.45) is 3.06. The summed E-state index contributed by atoms with van der Waals surface area (Å²) < 4.78 is 0. The van der Waals surface area contributed by atoms with E-state index in [1.54, 1.807) is 18.4 Å². The van der Waals surface area contributed by atoms with E-state index in [9.17, 15) is 4.79 Å². The van der Waals surface area contributed by atoms with E-state index >= 15 is 0 Å². The van der Waals surface area contributed by atoms with E-state index in [-0.39, 0.29) is 0 Å². The van der Waals surface area contributed by atoms with Crippen LogP contribution in [0, 0.1) is 0 Å². The number of rotatable bonds is 1. The predicted octanol–water partition coefficient (Wildman–Crippen LogP) is 0.122. The number of hydrogen-bond donors (Lipinski definition) is 1. The smallest absolute Gasteiger partial charge is 0.235 e. The maximum atomic E-state index is 9.91. The lowest BCUT2D eigenvalue weighted by Crippen LogP contribution is -1.89. The van der Waals surface area contributed by atoms with Crippen LogP contribution in [0.15, 0.2) is 18.3 Å². The van der Waals surface area contributed by atoms with E-state index in [4.69, 9.17) is 5.73 Å². The molecule has 0 fully saturated rings. The lowest BCUT2D eigenvalue weighted by molar-refractivity contribution is 0.562. The van der Waals surface area contributed by atoms with Crippen molar-refractivity contribution in [1.29, 1.82) is 0 Å². The Hall–Kier alpha value is -1.38. The topological polar surface area (TPSA) is 56.0 Å². The number of aromatic nitrogens is 1. The van der Waals surface area contributed by atoms with E-state index in [2.05, 4.69) is 4.98 Å².